The number of ketones is 1. The van der Waals surface area contributed by atoms with Crippen molar-refractivity contribution >= 4 is 17.4 Å². The van der Waals surface area contributed by atoms with Crippen LogP contribution in [-0.4, -0.2) is 18.8 Å². The first-order chi connectivity index (χ1) is 12.6. The predicted octanol–water partition coefficient (Wildman–Crippen LogP) is 4.47. The largest absolute Gasteiger partial charge is 0.495 e. The molecule has 4 nitrogen and oxygen atoms in total. The van der Waals surface area contributed by atoms with Gasteiger partial charge in [0.05, 0.1) is 12.8 Å². The number of methoxy groups -OCH3 is 1. The Kier molecular flexibility index (Phi) is 3.81. The Bertz CT molecular complexity index is 1050. The molecule has 3 aromatic rings. The number of carbonyl (C=O) groups excluding carboxylic acids is 2. The molecule has 4 rings (SSSR count). The van der Waals surface area contributed by atoms with E-state index in [1.54, 1.807) is 19.2 Å². The number of ether oxygens (including phenoxy) is 1. The molecule has 1 amide bonds. The van der Waals surface area contributed by atoms with E-state index in [4.69, 9.17) is 4.74 Å². The normalized spacial score (nSPS) is 11.7. The Hall–Kier alpha value is -3.40. The SMILES string of the molecule is COc1ccc(C)cc1NC(=O)c1ccc2c(c1)C(=O)c1ccccc1-2. The molecule has 1 aliphatic rings. The number of benzene rings is 3. The number of nitrogens with one attached hydrogen (secondary N) is 1. The van der Waals surface area contributed by atoms with Crippen LogP contribution in [0.15, 0.2) is 60.7 Å². The molecule has 1 aliphatic carbocycles. The van der Waals surface area contributed by atoms with Gasteiger partial charge in [0.2, 0.25) is 0 Å². The lowest BCUT2D eigenvalue weighted by Crippen LogP contribution is -2.13. The lowest BCUT2D eigenvalue weighted by molar-refractivity contribution is 0.102. The van der Waals surface area contributed by atoms with Crippen molar-refractivity contribution in [3.8, 4) is 16.9 Å². The molecule has 0 heterocycles. The summed E-state index contributed by atoms with van der Waals surface area (Å²) in [7, 11) is 1.56. The van der Waals surface area contributed by atoms with Gasteiger partial charge in [0.15, 0.2) is 5.78 Å². The van der Waals surface area contributed by atoms with Crippen LogP contribution >= 0.6 is 0 Å². The zero-order valence-corrected chi connectivity index (χ0v) is 14.5. The van der Waals surface area contributed by atoms with E-state index in [0.717, 1.165) is 16.7 Å². The van der Waals surface area contributed by atoms with Gasteiger partial charge in [-0.15, -0.1) is 0 Å². The van der Waals surface area contributed by atoms with Crippen LogP contribution in [-0.2, 0) is 0 Å². The van der Waals surface area contributed by atoms with Crippen molar-refractivity contribution in [1.29, 1.82) is 0 Å². The summed E-state index contributed by atoms with van der Waals surface area (Å²) in [5, 5.41) is 2.87. The number of fused-ring (bicyclic) bond motifs is 3. The van der Waals surface area contributed by atoms with Gasteiger partial charge in [0, 0.05) is 16.7 Å². The van der Waals surface area contributed by atoms with E-state index >= 15 is 0 Å². The molecule has 1 N–H and O–H groups in total. The van der Waals surface area contributed by atoms with Crippen LogP contribution in [0.1, 0.15) is 31.8 Å². The van der Waals surface area contributed by atoms with Gasteiger partial charge in [-0.1, -0.05) is 36.4 Å². The van der Waals surface area contributed by atoms with Crippen molar-refractivity contribution in [3.63, 3.8) is 0 Å². The molecule has 0 spiro atoms. The number of rotatable bonds is 3. The number of carbonyl (C=O) groups is 2. The van der Waals surface area contributed by atoms with Gasteiger partial charge in [0.25, 0.3) is 5.91 Å². The quantitative estimate of drug-likeness (QED) is 0.597. The number of anilines is 1. The number of hydrogen-bond donors (Lipinski definition) is 1. The van der Waals surface area contributed by atoms with Crippen LogP contribution in [0.25, 0.3) is 11.1 Å². The number of aryl methyl sites for hydroxylation is 1. The third kappa shape index (κ3) is 2.56. The molecule has 0 saturated carbocycles. The van der Waals surface area contributed by atoms with Crippen molar-refractivity contribution in [2.45, 2.75) is 6.92 Å². The van der Waals surface area contributed by atoms with Crippen molar-refractivity contribution in [1.82, 2.24) is 0 Å². The second-order valence-corrected chi connectivity index (χ2v) is 6.29. The van der Waals surface area contributed by atoms with Gasteiger partial charge in [-0.2, -0.15) is 0 Å². The molecular formula is C22H17NO3. The summed E-state index contributed by atoms with van der Waals surface area (Å²) in [6.07, 6.45) is 0. The van der Waals surface area contributed by atoms with Crippen LogP contribution in [0.5, 0.6) is 5.75 Å². The van der Waals surface area contributed by atoms with Gasteiger partial charge in [0.1, 0.15) is 5.75 Å². The third-order valence-corrected chi connectivity index (χ3v) is 4.59. The predicted molar refractivity (Wildman–Crippen MR) is 101 cm³/mol. The Morgan fingerprint density at radius 3 is 2.38 bits per heavy atom. The maximum Gasteiger partial charge on any atom is 0.255 e. The molecule has 26 heavy (non-hydrogen) atoms. The molecule has 4 heteroatoms. The van der Waals surface area contributed by atoms with Crippen molar-refractivity contribution in [2.75, 3.05) is 12.4 Å². The summed E-state index contributed by atoms with van der Waals surface area (Å²) >= 11 is 0. The van der Waals surface area contributed by atoms with E-state index in [0.29, 0.717) is 28.1 Å². The van der Waals surface area contributed by atoms with Crippen LogP contribution in [0.3, 0.4) is 0 Å². The van der Waals surface area contributed by atoms with Crippen LogP contribution in [0.4, 0.5) is 5.69 Å². The van der Waals surface area contributed by atoms with Crippen LogP contribution < -0.4 is 10.1 Å². The molecule has 0 aliphatic heterocycles. The highest BCUT2D eigenvalue weighted by atomic mass is 16.5. The minimum absolute atomic E-state index is 0.0432. The molecule has 0 bridgehead atoms. The average Bonchev–Trinajstić information content (AvgIpc) is 2.94. The monoisotopic (exact) mass is 343 g/mol. The second kappa shape index (κ2) is 6.15. The van der Waals surface area contributed by atoms with Crippen LogP contribution in [0.2, 0.25) is 0 Å². The van der Waals surface area contributed by atoms with Gasteiger partial charge in [-0.25, -0.2) is 0 Å². The molecule has 0 fully saturated rings. The molecule has 0 radical (unpaired) electrons. The van der Waals surface area contributed by atoms with E-state index in [-0.39, 0.29) is 11.7 Å². The van der Waals surface area contributed by atoms with E-state index < -0.39 is 0 Å². The molecule has 0 atom stereocenters. The molecule has 0 aromatic heterocycles. The first-order valence-corrected chi connectivity index (χ1v) is 8.32. The number of amides is 1. The zero-order chi connectivity index (χ0) is 18.3. The maximum absolute atomic E-state index is 12.7. The minimum Gasteiger partial charge on any atom is -0.495 e. The number of hydrogen-bond acceptors (Lipinski definition) is 3. The van der Waals surface area contributed by atoms with Crippen molar-refractivity contribution < 1.29 is 14.3 Å². The third-order valence-electron chi connectivity index (χ3n) is 4.59. The van der Waals surface area contributed by atoms with E-state index in [1.807, 2.05) is 55.5 Å². The van der Waals surface area contributed by atoms with Gasteiger partial charge >= 0.3 is 0 Å². The summed E-state index contributed by atoms with van der Waals surface area (Å²) < 4.78 is 5.30. The summed E-state index contributed by atoms with van der Waals surface area (Å²) in [5.74, 6) is 0.271. The average molecular weight is 343 g/mol. The fourth-order valence-electron chi connectivity index (χ4n) is 3.28. The minimum atomic E-state index is -0.277. The van der Waals surface area contributed by atoms with Crippen molar-refractivity contribution in [3.05, 3.63) is 82.9 Å². The summed E-state index contributed by atoms with van der Waals surface area (Å²) in [6.45, 7) is 1.94. The molecule has 128 valence electrons. The lowest BCUT2D eigenvalue weighted by atomic mass is 10.0. The standard InChI is InChI=1S/C22H17NO3/c1-13-7-10-20(26-2)19(11-13)23-22(25)14-8-9-16-15-5-3-4-6-17(15)21(24)18(16)12-14/h3-12H,1-2H3,(H,23,25). The maximum atomic E-state index is 12.7. The van der Waals surface area contributed by atoms with Gasteiger partial charge in [-0.3, -0.25) is 9.59 Å². The first-order valence-electron chi connectivity index (χ1n) is 8.32. The van der Waals surface area contributed by atoms with E-state index in [1.165, 1.54) is 0 Å². The van der Waals surface area contributed by atoms with E-state index in [2.05, 4.69) is 5.32 Å². The first kappa shape index (κ1) is 16.1. The van der Waals surface area contributed by atoms with Gasteiger partial charge < -0.3 is 10.1 Å². The fourth-order valence-corrected chi connectivity index (χ4v) is 3.28. The summed E-state index contributed by atoms with van der Waals surface area (Å²) in [6, 6.07) is 18.3. The lowest BCUT2D eigenvalue weighted by Gasteiger charge is -2.11. The Labute approximate surface area is 151 Å². The Balaban J connectivity index is 1.68. The van der Waals surface area contributed by atoms with E-state index in [9.17, 15) is 9.59 Å². The highest BCUT2D eigenvalue weighted by Crippen LogP contribution is 2.37. The molecule has 0 saturated heterocycles. The second-order valence-electron chi connectivity index (χ2n) is 6.29. The summed E-state index contributed by atoms with van der Waals surface area (Å²) in [4.78, 5) is 25.3. The topological polar surface area (TPSA) is 55.4 Å². The smallest absolute Gasteiger partial charge is 0.255 e. The molecule has 3 aromatic carbocycles. The zero-order valence-electron chi connectivity index (χ0n) is 14.5. The Morgan fingerprint density at radius 2 is 1.62 bits per heavy atom. The molecular weight excluding hydrogens is 326 g/mol. The highest BCUT2D eigenvalue weighted by Gasteiger charge is 2.27. The Morgan fingerprint density at radius 1 is 0.885 bits per heavy atom. The summed E-state index contributed by atoms with van der Waals surface area (Å²) in [5.41, 5.74) is 5.09. The highest BCUT2D eigenvalue weighted by molar-refractivity contribution is 6.22. The fraction of sp³-hybridized carbons (Fsp3) is 0.0909. The van der Waals surface area contributed by atoms with Crippen molar-refractivity contribution in [2.24, 2.45) is 0 Å². The molecule has 0 unspecified atom stereocenters. The van der Waals surface area contributed by atoms with Crippen LogP contribution in [0, 0.1) is 6.92 Å². The van der Waals surface area contributed by atoms with Gasteiger partial charge in [-0.05, 0) is 47.9 Å².